The second kappa shape index (κ2) is 7.79. The number of hydrogen-bond donors (Lipinski definition) is 2. The molecular weight excluding hydrogens is 335 g/mol. The molecule has 0 aliphatic rings. The van der Waals surface area contributed by atoms with Gasteiger partial charge in [0, 0.05) is 5.02 Å². The number of carbonyl (C=O) groups is 2. The quantitative estimate of drug-likeness (QED) is 0.840. The van der Waals surface area contributed by atoms with Gasteiger partial charge in [-0.15, -0.1) is 0 Å². The Kier molecular flexibility index (Phi) is 5.76. The molecule has 1 unspecified atom stereocenters. The fraction of sp³-hybridized carbons (Fsp3) is 0.176. The number of nitrogens with two attached hydrogens (primary N) is 1. The van der Waals surface area contributed by atoms with E-state index in [1.54, 1.807) is 19.1 Å². The predicted molar refractivity (Wildman–Crippen MR) is 88.4 cm³/mol. The lowest BCUT2D eigenvalue weighted by Crippen LogP contribution is -2.31. The second-order valence-corrected chi connectivity index (χ2v) is 5.57. The van der Waals surface area contributed by atoms with Gasteiger partial charge in [-0.2, -0.15) is 0 Å². The topological polar surface area (TPSA) is 81.4 Å². The van der Waals surface area contributed by atoms with E-state index >= 15 is 0 Å². The highest BCUT2D eigenvalue weighted by atomic mass is 35.5. The van der Waals surface area contributed by atoms with Crippen LogP contribution in [0.15, 0.2) is 42.5 Å². The minimum atomic E-state index is -0.701. The number of halogens is 2. The predicted octanol–water partition coefficient (Wildman–Crippen LogP) is 2.83. The van der Waals surface area contributed by atoms with Crippen LogP contribution in [-0.4, -0.2) is 18.4 Å². The van der Waals surface area contributed by atoms with Crippen molar-refractivity contribution < 1.29 is 18.7 Å². The first kappa shape index (κ1) is 17.7. The van der Waals surface area contributed by atoms with E-state index in [1.807, 2.05) is 0 Å². The molecular formula is C17H16ClFN2O3. The molecule has 24 heavy (non-hydrogen) atoms. The van der Waals surface area contributed by atoms with Gasteiger partial charge in [-0.25, -0.2) is 4.39 Å². The van der Waals surface area contributed by atoms with E-state index < -0.39 is 11.8 Å². The van der Waals surface area contributed by atoms with Crippen LogP contribution in [-0.2, 0) is 4.79 Å². The zero-order valence-electron chi connectivity index (χ0n) is 12.9. The molecule has 2 aromatic rings. The fourth-order valence-corrected chi connectivity index (χ4v) is 2.25. The molecule has 126 valence electrons. The Hall–Kier alpha value is -2.60. The summed E-state index contributed by atoms with van der Waals surface area (Å²) < 4.78 is 18.2. The Morgan fingerprint density at radius 3 is 2.54 bits per heavy atom. The Morgan fingerprint density at radius 1 is 1.25 bits per heavy atom. The van der Waals surface area contributed by atoms with Crippen LogP contribution in [0.2, 0.25) is 5.02 Å². The summed E-state index contributed by atoms with van der Waals surface area (Å²) in [4.78, 5) is 23.3. The summed E-state index contributed by atoms with van der Waals surface area (Å²) in [6.07, 6.45) is 0. The van der Waals surface area contributed by atoms with E-state index in [0.29, 0.717) is 5.02 Å². The highest BCUT2D eigenvalue weighted by Gasteiger charge is 2.14. The Bertz CT molecular complexity index is 750. The lowest BCUT2D eigenvalue weighted by Gasteiger charge is -2.15. The maximum Gasteiger partial charge on any atom is 0.258 e. The maximum atomic E-state index is 12.9. The lowest BCUT2D eigenvalue weighted by atomic mass is 10.1. The molecule has 0 radical (unpaired) electrons. The third-order valence-electron chi connectivity index (χ3n) is 3.31. The van der Waals surface area contributed by atoms with E-state index in [1.165, 1.54) is 30.3 Å². The van der Waals surface area contributed by atoms with Crippen LogP contribution in [0, 0.1) is 5.82 Å². The van der Waals surface area contributed by atoms with Gasteiger partial charge in [0.15, 0.2) is 6.61 Å². The van der Waals surface area contributed by atoms with E-state index in [2.05, 4.69) is 5.32 Å². The molecule has 0 spiro atoms. The summed E-state index contributed by atoms with van der Waals surface area (Å²) in [5, 5.41) is 3.06. The molecule has 0 saturated heterocycles. The standard InChI is InChI=1S/C17H16ClFN2O3/c1-10(11-2-5-13(19)6-3-11)21-16(22)9-24-15-7-4-12(18)8-14(15)17(20)23/h2-8,10H,9H2,1H3,(H2,20,23)(H,21,22). The third-order valence-corrected chi connectivity index (χ3v) is 3.55. The molecule has 0 saturated carbocycles. The van der Waals surface area contributed by atoms with Crippen LogP contribution >= 0.6 is 11.6 Å². The molecule has 3 N–H and O–H groups in total. The van der Waals surface area contributed by atoms with Crippen LogP contribution in [0.3, 0.4) is 0 Å². The van der Waals surface area contributed by atoms with Crippen molar-refractivity contribution >= 4 is 23.4 Å². The SMILES string of the molecule is CC(NC(=O)COc1ccc(Cl)cc1C(N)=O)c1ccc(F)cc1. The van der Waals surface area contributed by atoms with Gasteiger partial charge in [-0.1, -0.05) is 23.7 Å². The van der Waals surface area contributed by atoms with Gasteiger partial charge in [-0.05, 0) is 42.8 Å². The Labute approximate surface area is 143 Å². The summed E-state index contributed by atoms with van der Waals surface area (Å²) in [5.41, 5.74) is 6.11. The number of nitrogens with one attached hydrogen (secondary N) is 1. The van der Waals surface area contributed by atoms with Gasteiger partial charge in [0.25, 0.3) is 11.8 Å². The van der Waals surface area contributed by atoms with Crippen LogP contribution in [0.25, 0.3) is 0 Å². The Balaban J connectivity index is 1.96. The van der Waals surface area contributed by atoms with Crippen molar-refractivity contribution in [3.05, 3.63) is 64.4 Å². The van der Waals surface area contributed by atoms with E-state index in [4.69, 9.17) is 22.1 Å². The van der Waals surface area contributed by atoms with Crippen molar-refractivity contribution in [1.29, 1.82) is 0 Å². The smallest absolute Gasteiger partial charge is 0.258 e. The molecule has 2 aromatic carbocycles. The monoisotopic (exact) mass is 350 g/mol. The third kappa shape index (κ3) is 4.70. The summed E-state index contributed by atoms with van der Waals surface area (Å²) in [7, 11) is 0. The largest absolute Gasteiger partial charge is 0.483 e. The van der Waals surface area contributed by atoms with Crippen LogP contribution in [0.1, 0.15) is 28.9 Å². The molecule has 0 aromatic heterocycles. The molecule has 2 amide bonds. The van der Waals surface area contributed by atoms with Crippen LogP contribution in [0.4, 0.5) is 4.39 Å². The molecule has 0 aliphatic carbocycles. The van der Waals surface area contributed by atoms with Gasteiger partial charge in [0.1, 0.15) is 11.6 Å². The number of ether oxygens (including phenoxy) is 1. The van der Waals surface area contributed by atoms with Gasteiger partial charge >= 0.3 is 0 Å². The van der Waals surface area contributed by atoms with E-state index in [-0.39, 0.29) is 29.8 Å². The van der Waals surface area contributed by atoms with Crippen molar-refractivity contribution in [2.24, 2.45) is 5.73 Å². The zero-order valence-corrected chi connectivity index (χ0v) is 13.6. The number of hydrogen-bond acceptors (Lipinski definition) is 3. The second-order valence-electron chi connectivity index (χ2n) is 5.13. The average molecular weight is 351 g/mol. The van der Waals surface area contributed by atoms with Crippen molar-refractivity contribution in [2.45, 2.75) is 13.0 Å². The normalized spacial score (nSPS) is 11.6. The summed E-state index contributed by atoms with van der Waals surface area (Å²) >= 11 is 5.80. The van der Waals surface area contributed by atoms with Crippen molar-refractivity contribution in [3.8, 4) is 5.75 Å². The average Bonchev–Trinajstić information content (AvgIpc) is 2.54. The Morgan fingerprint density at radius 2 is 1.92 bits per heavy atom. The fourth-order valence-electron chi connectivity index (χ4n) is 2.08. The molecule has 0 fully saturated rings. The number of amides is 2. The van der Waals surface area contributed by atoms with Crippen molar-refractivity contribution in [3.63, 3.8) is 0 Å². The molecule has 1 atom stereocenters. The molecule has 2 rings (SSSR count). The summed E-state index contributed by atoms with van der Waals surface area (Å²) in [6.45, 7) is 1.47. The van der Waals surface area contributed by atoms with Crippen LogP contribution in [0.5, 0.6) is 5.75 Å². The first-order valence-corrected chi connectivity index (χ1v) is 7.51. The number of carbonyl (C=O) groups excluding carboxylic acids is 2. The minimum absolute atomic E-state index is 0.0990. The van der Waals surface area contributed by atoms with Gasteiger partial charge in [0.05, 0.1) is 11.6 Å². The van der Waals surface area contributed by atoms with Crippen molar-refractivity contribution in [1.82, 2.24) is 5.32 Å². The summed E-state index contributed by atoms with van der Waals surface area (Å²) in [5.74, 6) is -1.26. The molecule has 0 aliphatic heterocycles. The molecule has 0 bridgehead atoms. The van der Waals surface area contributed by atoms with E-state index in [0.717, 1.165) is 5.56 Å². The number of primary amides is 1. The zero-order chi connectivity index (χ0) is 17.7. The van der Waals surface area contributed by atoms with Gasteiger partial charge in [-0.3, -0.25) is 9.59 Å². The lowest BCUT2D eigenvalue weighted by molar-refractivity contribution is -0.123. The van der Waals surface area contributed by atoms with Gasteiger partial charge in [0.2, 0.25) is 0 Å². The van der Waals surface area contributed by atoms with Crippen molar-refractivity contribution in [2.75, 3.05) is 6.61 Å². The molecule has 7 heteroatoms. The molecule has 0 heterocycles. The van der Waals surface area contributed by atoms with Gasteiger partial charge < -0.3 is 15.8 Å². The minimum Gasteiger partial charge on any atom is -0.483 e. The number of benzene rings is 2. The molecule has 5 nitrogen and oxygen atoms in total. The first-order valence-electron chi connectivity index (χ1n) is 7.14. The van der Waals surface area contributed by atoms with Crippen LogP contribution < -0.4 is 15.8 Å². The highest BCUT2D eigenvalue weighted by Crippen LogP contribution is 2.22. The number of rotatable bonds is 6. The highest BCUT2D eigenvalue weighted by molar-refractivity contribution is 6.31. The van der Waals surface area contributed by atoms with E-state index in [9.17, 15) is 14.0 Å². The summed E-state index contributed by atoms with van der Waals surface area (Å²) in [6, 6.07) is 9.88. The first-order chi connectivity index (χ1) is 11.4. The maximum absolute atomic E-state index is 12.9.